The van der Waals surface area contributed by atoms with Gasteiger partial charge in [0.15, 0.2) is 0 Å². The Bertz CT molecular complexity index is 1890. The summed E-state index contributed by atoms with van der Waals surface area (Å²) in [6, 6.07) is 23.7. The van der Waals surface area contributed by atoms with E-state index in [4.69, 9.17) is 14.6 Å². The summed E-state index contributed by atoms with van der Waals surface area (Å²) in [7, 11) is 0. The number of fused-ring (bicyclic) bond motifs is 1. The van der Waals surface area contributed by atoms with Crippen molar-refractivity contribution >= 4 is 45.8 Å². The molecule has 3 amide bonds. The number of aryl methyl sites for hydroxylation is 1. The van der Waals surface area contributed by atoms with Crippen molar-refractivity contribution in [1.82, 2.24) is 14.8 Å². The third-order valence-corrected chi connectivity index (χ3v) is 6.73. The highest BCUT2D eigenvalue weighted by Gasteiger charge is 2.16. The maximum Gasteiger partial charge on any atom is 0.417 e. The molecule has 45 heavy (non-hydrogen) atoms. The number of anilines is 3. The van der Waals surface area contributed by atoms with Crippen LogP contribution < -0.4 is 20.7 Å². The standard InChI is InChI=1S/C35H34N6O4/c1-6-9-24(5)30-21-33(41(40-30)25-14-12-23(4)13-15-25)39-34(42)37-29-16-17-31(28-11-8-7-10-27(28)29)45-26-18-19-36-32(20-26)38-35(43)44-22(2)3/h7-8,10-21H,2,5-6,9H2,1,3-4H3,(H,36,38,43)(H2,37,39,42). The molecular formula is C35H34N6O4. The lowest BCUT2D eigenvalue weighted by atomic mass is 10.1. The molecule has 10 heteroatoms. The van der Waals surface area contributed by atoms with Gasteiger partial charge < -0.3 is 14.8 Å². The second-order valence-electron chi connectivity index (χ2n) is 10.4. The fourth-order valence-electron chi connectivity index (χ4n) is 4.65. The van der Waals surface area contributed by atoms with Gasteiger partial charge >= 0.3 is 12.1 Å². The van der Waals surface area contributed by atoms with Crippen molar-refractivity contribution in [2.75, 3.05) is 16.0 Å². The van der Waals surface area contributed by atoms with Gasteiger partial charge in [0.05, 0.1) is 22.8 Å². The topological polar surface area (TPSA) is 119 Å². The van der Waals surface area contributed by atoms with Crippen LogP contribution in [0.5, 0.6) is 11.5 Å². The Balaban J connectivity index is 1.37. The Kier molecular flexibility index (Phi) is 9.23. The number of carbonyl (C=O) groups excluding carboxylic acids is 2. The number of ether oxygens (including phenoxy) is 2. The van der Waals surface area contributed by atoms with Gasteiger partial charge in [0.25, 0.3) is 0 Å². The minimum Gasteiger partial charge on any atom is -0.457 e. The molecule has 3 aromatic carbocycles. The maximum atomic E-state index is 13.4. The SMILES string of the molecule is C=C(C)OC(=O)Nc1cc(Oc2ccc(NC(=O)Nc3cc(C(=C)CCC)nn3-c3ccc(C)cc3)c3ccccc23)ccn1. The zero-order valence-electron chi connectivity index (χ0n) is 25.4. The second-order valence-corrected chi connectivity index (χ2v) is 10.4. The van der Waals surface area contributed by atoms with Crippen LogP contribution in [-0.4, -0.2) is 26.9 Å². The van der Waals surface area contributed by atoms with Gasteiger partial charge in [-0.2, -0.15) is 5.10 Å². The van der Waals surface area contributed by atoms with Crippen LogP contribution in [0.2, 0.25) is 0 Å². The van der Waals surface area contributed by atoms with E-state index in [2.05, 4.69) is 41.0 Å². The minimum absolute atomic E-state index is 0.254. The molecule has 0 radical (unpaired) electrons. The van der Waals surface area contributed by atoms with Crippen molar-refractivity contribution in [1.29, 1.82) is 0 Å². The Morgan fingerprint density at radius 3 is 2.40 bits per heavy atom. The number of benzene rings is 3. The van der Waals surface area contributed by atoms with Crippen LogP contribution in [0, 0.1) is 6.92 Å². The molecule has 2 heterocycles. The van der Waals surface area contributed by atoms with Crippen LogP contribution in [-0.2, 0) is 4.74 Å². The molecule has 0 unspecified atom stereocenters. The first kappa shape index (κ1) is 30.6. The van der Waals surface area contributed by atoms with Gasteiger partial charge in [-0.1, -0.05) is 68.5 Å². The minimum atomic E-state index is -0.699. The van der Waals surface area contributed by atoms with E-state index in [-0.39, 0.29) is 11.6 Å². The van der Waals surface area contributed by atoms with Crippen LogP contribution in [0.4, 0.5) is 26.9 Å². The third-order valence-electron chi connectivity index (χ3n) is 6.73. The van der Waals surface area contributed by atoms with E-state index in [0.29, 0.717) is 23.0 Å². The maximum absolute atomic E-state index is 13.4. The van der Waals surface area contributed by atoms with Crippen LogP contribution in [0.25, 0.3) is 22.0 Å². The molecule has 2 aromatic heterocycles. The molecule has 0 saturated heterocycles. The summed E-state index contributed by atoms with van der Waals surface area (Å²) < 4.78 is 12.8. The van der Waals surface area contributed by atoms with Crippen molar-refractivity contribution in [3.05, 3.63) is 115 Å². The lowest BCUT2D eigenvalue weighted by Gasteiger charge is -2.14. The highest BCUT2D eigenvalue weighted by Crippen LogP contribution is 2.35. The van der Waals surface area contributed by atoms with Crippen molar-refractivity contribution < 1.29 is 19.1 Å². The number of amides is 3. The molecule has 0 atom stereocenters. The van der Waals surface area contributed by atoms with Gasteiger partial charge in [0, 0.05) is 29.1 Å². The predicted octanol–water partition coefficient (Wildman–Crippen LogP) is 9.06. The smallest absolute Gasteiger partial charge is 0.417 e. The molecular weight excluding hydrogens is 568 g/mol. The fourth-order valence-corrected chi connectivity index (χ4v) is 4.65. The first-order chi connectivity index (χ1) is 21.7. The number of aromatic nitrogens is 3. The summed E-state index contributed by atoms with van der Waals surface area (Å²) in [5, 5.41) is 14.8. The molecule has 0 spiro atoms. The number of hydrogen-bond acceptors (Lipinski definition) is 6. The van der Waals surface area contributed by atoms with E-state index >= 15 is 0 Å². The lowest BCUT2D eigenvalue weighted by Crippen LogP contribution is -2.21. The molecule has 3 N–H and O–H groups in total. The van der Waals surface area contributed by atoms with E-state index in [0.717, 1.165) is 46.1 Å². The fraction of sp³-hybridized carbons (Fsp3) is 0.143. The quantitative estimate of drug-likeness (QED) is 0.137. The number of rotatable bonds is 10. The first-order valence-electron chi connectivity index (χ1n) is 14.4. The molecule has 0 aliphatic heterocycles. The molecule has 0 saturated carbocycles. The Labute approximate surface area is 261 Å². The number of carbonyl (C=O) groups is 2. The van der Waals surface area contributed by atoms with Crippen molar-refractivity contribution in [3.8, 4) is 17.2 Å². The highest BCUT2D eigenvalue weighted by molar-refractivity contribution is 6.07. The molecule has 5 aromatic rings. The van der Waals surface area contributed by atoms with Gasteiger partial charge in [0.2, 0.25) is 0 Å². The van der Waals surface area contributed by atoms with E-state index in [1.165, 1.54) is 6.20 Å². The van der Waals surface area contributed by atoms with Crippen LogP contribution in [0.1, 0.15) is 37.9 Å². The average Bonchev–Trinajstić information content (AvgIpc) is 3.42. The highest BCUT2D eigenvalue weighted by atomic mass is 16.6. The zero-order valence-corrected chi connectivity index (χ0v) is 25.4. The van der Waals surface area contributed by atoms with E-state index < -0.39 is 12.1 Å². The average molecular weight is 603 g/mol. The number of nitrogens with zero attached hydrogens (tertiary/aromatic N) is 3. The molecule has 0 aliphatic carbocycles. The van der Waals surface area contributed by atoms with E-state index in [1.54, 1.807) is 35.9 Å². The molecule has 228 valence electrons. The van der Waals surface area contributed by atoms with E-state index in [9.17, 15) is 9.59 Å². The van der Waals surface area contributed by atoms with E-state index in [1.807, 2.05) is 61.5 Å². The normalized spacial score (nSPS) is 10.6. The third kappa shape index (κ3) is 7.55. The molecule has 0 bridgehead atoms. The summed E-state index contributed by atoms with van der Waals surface area (Å²) in [5.74, 6) is 2.03. The Morgan fingerprint density at radius 2 is 1.67 bits per heavy atom. The largest absolute Gasteiger partial charge is 0.457 e. The van der Waals surface area contributed by atoms with Crippen molar-refractivity contribution in [2.24, 2.45) is 0 Å². The summed E-state index contributed by atoms with van der Waals surface area (Å²) in [4.78, 5) is 29.4. The van der Waals surface area contributed by atoms with Crippen molar-refractivity contribution in [2.45, 2.75) is 33.6 Å². The van der Waals surface area contributed by atoms with Crippen LogP contribution in [0.15, 0.2) is 104 Å². The van der Waals surface area contributed by atoms with Crippen LogP contribution >= 0.6 is 0 Å². The van der Waals surface area contributed by atoms with Gasteiger partial charge in [-0.3, -0.25) is 10.6 Å². The number of urea groups is 1. The van der Waals surface area contributed by atoms with Gasteiger partial charge in [-0.25, -0.2) is 19.3 Å². The second kappa shape index (κ2) is 13.6. The summed E-state index contributed by atoms with van der Waals surface area (Å²) in [6.07, 6.45) is 2.56. The summed E-state index contributed by atoms with van der Waals surface area (Å²) in [6.45, 7) is 13.4. The molecule has 0 aliphatic rings. The Hall–Kier alpha value is -5.90. The predicted molar refractivity (Wildman–Crippen MR) is 178 cm³/mol. The molecule has 5 rings (SSSR count). The number of pyridine rings is 1. The number of hydrogen-bond donors (Lipinski definition) is 3. The number of allylic oxidation sites excluding steroid dienone is 2. The van der Waals surface area contributed by atoms with Gasteiger partial charge in [0.1, 0.15) is 23.1 Å². The summed E-state index contributed by atoms with van der Waals surface area (Å²) in [5.41, 5.74) is 4.16. The van der Waals surface area contributed by atoms with Crippen LogP contribution in [0.3, 0.4) is 0 Å². The Morgan fingerprint density at radius 1 is 0.911 bits per heavy atom. The van der Waals surface area contributed by atoms with Crippen molar-refractivity contribution in [3.63, 3.8) is 0 Å². The lowest BCUT2D eigenvalue weighted by molar-refractivity contribution is 0.192. The number of nitrogens with one attached hydrogen (secondary N) is 3. The van der Waals surface area contributed by atoms with Gasteiger partial charge in [-0.05, 0) is 56.2 Å². The first-order valence-corrected chi connectivity index (χ1v) is 14.4. The van der Waals surface area contributed by atoms with Gasteiger partial charge in [-0.15, -0.1) is 0 Å². The zero-order chi connectivity index (χ0) is 31.9. The molecule has 10 nitrogen and oxygen atoms in total. The molecule has 0 fully saturated rings. The monoisotopic (exact) mass is 602 g/mol. The summed E-state index contributed by atoms with van der Waals surface area (Å²) >= 11 is 0.